The third kappa shape index (κ3) is 5.63. The smallest absolute Gasteiger partial charge is 0.229 e. The molecule has 37 heavy (non-hydrogen) atoms. The van der Waals surface area contributed by atoms with Crippen molar-refractivity contribution in [3.63, 3.8) is 0 Å². The molecule has 5 aliphatic rings. The lowest BCUT2D eigenvalue weighted by atomic mass is 9.89. The van der Waals surface area contributed by atoms with Gasteiger partial charge in [0, 0.05) is 57.8 Å². The predicted octanol–water partition coefficient (Wildman–Crippen LogP) is -2.36. The summed E-state index contributed by atoms with van der Waals surface area (Å²) >= 11 is 0. The van der Waals surface area contributed by atoms with Crippen molar-refractivity contribution in [2.45, 2.75) is 62.6 Å². The zero-order chi connectivity index (χ0) is 26.3. The van der Waals surface area contributed by atoms with Crippen LogP contribution in [0.2, 0.25) is 0 Å². The van der Waals surface area contributed by atoms with E-state index in [4.69, 9.17) is 5.73 Å². The van der Waals surface area contributed by atoms with Gasteiger partial charge < -0.3 is 26.2 Å². The number of nitrogens with zero attached hydrogens (tertiary/aromatic N) is 4. The molecule has 0 spiro atoms. The molecule has 5 saturated heterocycles. The molecule has 210 valence electrons. The maximum absolute atomic E-state index is 15.3. The van der Waals surface area contributed by atoms with Crippen LogP contribution in [0.15, 0.2) is 0 Å². The molecular formula is C24H43F2N9O2. The van der Waals surface area contributed by atoms with E-state index in [0.717, 1.165) is 19.6 Å². The fraction of sp³-hybridized carbons (Fsp3) is 0.917. The number of halogens is 2. The maximum Gasteiger partial charge on any atom is 0.229 e. The Kier molecular flexibility index (Phi) is 8.30. The average Bonchev–Trinajstić information content (AvgIpc) is 3.20. The van der Waals surface area contributed by atoms with Gasteiger partial charge in [-0.05, 0) is 39.9 Å². The van der Waals surface area contributed by atoms with E-state index < -0.39 is 42.7 Å². The number of amides is 2. The van der Waals surface area contributed by atoms with Crippen molar-refractivity contribution in [1.82, 2.24) is 41.1 Å². The fourth-order valence-electron chi connectivity index (χ4n) is 6.70. The highest BCUT2D eigenvalue weighted by molar-refractivity contribution is 5.81. The lowest BCUT2D eigenvalue weighted by molar-refractivity contribution is -0.140. The minimum absolute atomic E-state index is 0.0371. The van der Waals surface area contributed by atoms with Gasteiger partial charge in [-0.1, -0.05) is 0 Å². The summed E-state index contributed by atoms with van der Waals surface area (Å²) in [7, 11) is 2.09. The first-order valence-corrected chi connectivity index (χ1v) is 13.8. The molecule has 5 rings (SSSR count). The molecule has 0 bridgehead atoms. The van der Waals surface area contributed by atoms with Crippen molar-refractivity contribution < 1.29 is 18.4 Å². The molecule has 5 fully saturated rings. The summed E-state index contributed by atoms with van der Waals surface area (Å²) in [5, 5.41) is 10.9. The summed E-state index contributed by atoms with van der Waals surface area (Å²) in [4.78, 5) is 32.9. The monoisotopic (exact) mass is 527 g/mol. The number of nitrogens with one attached hydrogen (secondary N) is 4. The molecule has 0 aliphatic carbocycles. The second kappa shape index (κ2) is 11.3. The van der Waals surface area contributed by atoms with Gasteiger partial charge in [0.15, 0.2) is 0 Å². The first kappa shape index (κ1) is 27.1. The number of likely N-dealkylation sites (N-methyl/N-ethyl adjacent to an activating group) is 1. The minimum atomic E-state index is -1.14. The van der Waals surface area contributed by atoms with Crippen LogP contribution in [0.3, 0.4) is 0 Å². The highest BCUT2D eigenvalue weighted by Gasteiger charge is 2.49. The summed E-state index contributed by atoms with van der Waals surface area (Å²) in [6, 6.07) is -0.552. The van der Waals surface area contributed by atoms with E-state index in [9.17, 15) is 14.0 Å². The van der Waals surface area contributed by atoms with Crippen molar-refractivity contribution in [2.75, 3.05) is 66.0 Å². The number of likely N-dealkylation sites (tertiary alicyclic amines) is 1. The number of alkyl halides is 2. The van der Waals surface area contributed by atoms with Crippen LogP contribution in [-0.4, -0.2) is 140 Å². The average molecular weight is 528 g/mol. The molecule has 7 unspecified atom stereocenters. The molecule has 13 heteroatoms. The number of hydrogen-bond acceptors (Lipinski definition) is 9. The zero-order valence-electron chi connectivity index (χ0n) is 21.9. The summed E-state index contributed by atoms with van der Waals surface area (Å²) in [6.07, 6.45) is -1.85. The molecule has 5 aliphatic heterocycles. The SMILES string of the molecule is C[C@@H]1CN(C(=O)C2CCN(C3C(F)CNCC3NC(=O)C3C(N)NN4CC(F)CNC34)CC2)CCN1C. The second-order valence-corrected chi connectivity index (χ2v) is 11.5. The Morgan fingerprint density at radius 3 is 2.51 bits per heavy atom. The number of piperazine rings is 1. The summed E-state index contributed by atoms with van der Waals surface area (Å²) in [5.41, 5.74) is 9.20. The molecule has 0 saturated carbocycles. The quantitative estimate of drug-likeness (QED) is 0.274. The number of hydrogen-bond donors (Lipinski definition) is 5. The van der Waals surface area contributed by atoms with Crippen LogP contribution in [0.4, 0.5) is 8.78 Å². The van der Waals surface area contributed by atoms with Gasteiger partial charge in [-0.3, -0.25) is 19.8 Å². The van der Waals surface area contributed by atoms with Gasteiger partial charge in [-0.2, -0.15) is 0 Å². The summed E-state index contributed by atoms with van der Waals surface area (Å²) in [6.45, 7) is 6.80. The van der Waals surface area contributed by atoms with Crippen molar-refractivity contribution in [3.05, 3.63) is 0 Å². The maximum atomic E-state index is 15.3. The molecule has 6 N–H and O–H groups in total. The standard InChI is InChI=1S/C24H43F2N9O2/c1-14-12-34(8-7-32(14)2)24(37)15-3-5-33(6-4-15)20-17(26)10-28-11-18(20)30-23(36)19-21(27)31-35-13-16(25)9-29-22(19)35/h14-22,28-29,31H,3-13,27H2,1-2H3,(H,30,36)/t14-,16?,17?,18?,19?,20?,21?,22?/m1/s1. The number of carbonyl (C=O) groups is 2. The van der Waals surface area contributed by atoms with Gasteiger partial charge in [0.25, 0.3) is 0 Å². The number of rotatable bonds is 4. The number of hydrazine groups is 1. The Morgan fingerprint density at radius 2 is 1.78 bits per heavy atom. The highest BCUT2D eigenvalue weighted by Crippen LogP contribution is 2.27. The Labute approximate surface area is 217 Å². The van der Waals surface area contributed by atoms with Crippen LogP contribution in [0.25, 0.3) is 0 Å². The molecule has 0 radical (unpaired) electrons. The molecule has 2 amide bonds. The summed E-state index contributed by atoms with van der Waals surface area (Å²) < 4.78 is 29.1. The van der Waals surface area contributed by atoms with E-state index in [1.807, 2.05) is 4.90 Å². The van der Waals surface area contributed by atoms with Crippen LogP contribution in [0.1, 0.15) is 19.8 Å². The van der Waals surface area contributed by atoms with Crippen LogP contribution in [-0.2, 0) is 9.59 Å². The van der Waals surface area contributed by atoms with Gasteiger partial charge in [-0.25, -0.2) is 19.2 Å². The normalized spacial score (nSPS) is 40.9. The van der Waals surface area contributed by atoms with Gasteiger partial charge in [0.2, 0.25) is 11.8 Å². The van der Waals surface area contributed by atoms with E-state index in [1.165, 1.54) is 0 Å². The third-order valence-electron chi connectivity index (χ3n) is 9.01. The van der Waals surface area contributed by atoms with E-state index in [-0.39, 0.29) is 37.4 Å². The topological polar surface area (TPSA) is 121 Å². The molecule has 8 atom stereocenters. The van der Waals surface area contributed by atoms with Crippen LogP contribution in [0.5, 0.6) is 0 Å². The zero-order valence-corrected chi connectivity index (χ0v) is 21.9. The van der Waals surface area contributed by atoms with Crippen molar-refractivity contribution in [1.29, 1.82) is 0 Å². The number of piperidine rings is 2. The number of fused-ring (bicyclic) bond motifs is 1. The van der Waals surface area contributed by atoms with Gasteiger partial charge in [0.05, 0.1) is 30.3 Å². The number of carbonyl (C=O) groups excluding carboxylic acids is 2. The lowest BCUT2D eigenvalue weighted by Gasteiger charge is -2.46. The van der Waals surface area contributed by atoms with Crippen molar-refractivity contribution >= 4 is 11.8 Å². The third-order valence-corrected chi connectivity index (χ3v) is 9.01. The van der Waals surface area contributed by atoms with Gasteiger partial charge in [-0.15, -0.1) is 0 Å². The van der Waals surface area contributed by atoms with Crippen LogP contribution < -0.4 is 27.1 Å². The van der Waals surface area contributed by atoms with E-state index >= 15 is 4.39 Å². The van der Waals surface area contributed by atoms with Crippen molar-refractivity contribution in [2.24, 2.45) is 17.6 Å². The molecule has 0 aromatic heterocycles. The predicted molar refractivity (Wildman–Crippen MR) is 134 cm³/mol. The van der Waals surface area contributed by atoms with Crippen LogP contribution >= 0.6 is 0 Å². The second-order valence-electron chi connectivity index (χ2n) is 11.5. The van der Waals surface area contributed by atoms with E-state index in [0.29, 0.717) is 38.5 Å². The Bertz CT molecular complexity index is 832. The molecule has 0 aromatic rings. The van der Waals surface area contributed by atoms with E-state index in [1.54, 1.807) is 5.01 Å². The van der Waals surface area contributed by atoms with Gasteiger partial charge >= 0.3 is 0 Å². The minimum Gasteiger partial charge on any atom is -0.350 e. The fourth-order valence-corrected chi connectivity index (χ4v) is 6.70. The lowest BCUT2D eigenvalue weighted by Crippen LogP contribution is -2.67. The van der Waals surface area contributed by atoms with Crippen molar-refractivity contribution in [3.8, 4) is 0 Å². The largest absolute Gasteiger partial charge is 0.350 e. The van der Waals surface area contributed by atoms with E-state index in [2.05, 4.69) is 45.1 Å². The molecular weight excluding hydrogens is 484 g/mol. The Morgan fingerprint density at radius 1 is 1.03 bits per heavy atom. The first-order chi connectivity index (χ1) is 17.7. The molecule has 5 heterocycles. The summed E-state index contributed by atoms with van der Waals surface area (Å²) in [5.74, 6) is -0.709. The Hall–Kier alpha value is -1.48. The van der Waals surface area contributed by atoms with Gasteiger partial charge in [0.1, 0.15) is 12.3 Å². The Balaban J connectivity index is 1.18. The highest BCUT2D eigenvalue weighted by atomic mass is 19.1. The molecule has 0 aromatic carbocycles. The van der Waals surface area contributed by atoms with Crippen LogP contribution in [0, 0.1) is 11.8 Å². The number of nitrogens with two attached hydrogens (primary N) is 1. The first-order valence-electron chi connectivity index (χ1n) is 13.8. The molecule has 11 nitrogen and oxygen atoms in total.